The van der Waals surface area contributed by atoms with Gasteiger partial charge in [0.15, 0.2) is 0 Å². The van der Waals surface area contributed by atoms with Crippen LogP contribution in [0.1, 0.15) is 44.6 Å². The second kappa shape index (κ2) is 7.93. The van der Waals surface area contributed by atoms with Crippen molar-refractivity contribution in [2.24, 2.45) is 11.8 Å². The van der Waals surface area contributed by atoms with Crippen molar-refractivity contribution in [2.45, 2.75) is 45.6 Å². The minimum absolute atomic E-state index is 0.0612. The molecule has 1 aromatic carbocycles. The lowest BCUT2D eigenvalue weighted by Gasteiger charge is -2.26. The van der Waals surface area contributed by atoms with E-state index in [-0.39, 0.29) is 12.5 Å². The number of benzene rings is 1. The average molecular weight is 338 g/mol. The lowest BCUT2D eigenvalue weighted by atomic mass is 9.81. The van der Waals surface area contributed by atoms with Gasteiger partial charge in [-0.3, -0.25) is 4.79 Å². The van der Waals surface area contributed by atoms with Gasteiger partial charge in [0.05, 0.1) is 6.26 Å². The molecule has 1 saturated carbocycles. The van der Waals surface area contributed by atoms with Crippen LogP contribution in [0.15, 0.2) is 24.3 Å². The van der Waals surface area contributed by atoms with E-state index in [1.54, 1.807) is 12.1 Å². The molecular formula is C17H26N2O3S. The molecule has 128 valence electrons. The molecule has 1 amide bonds. The summed E-state index contributed by atoms with van der Waals surface area (Å²) in [6.45, 7) is 2.51. The SMILES string of the molecule is C[C@H]1CCC[C@H](CC(=O)Nc2ccc(CNS(C)(=O)=O)cc2)C1. The maximum atomic E-state index is 12.1. The summed E-state index contributed by atoms with van der Waals surface area (Å²) < 4.78 is 24.6. The van der Waals surface area contributed by atoms with Gasteiger partial charge in [0.1, 0.15) is 0 Å². The summed E-state index contributed by atoms with van der Waals surface area (Å²) in [5.74, 6) is 1.28. The van der Waals surface area contributed by atoms with Crippen LogP contribution in [0.25, 0.3) is 0 Å². The largest absolute Gasteiger partial charge is 0.326 e. The topological polar surface area (TPSA) is 75.3 Å². The molecule has 0 spiro atoms. The standard InChI is InChI=1S/C17H26N2O3S/c1-13-4-3-5-15(10-13)11-17(20)19-16-8-6-14(7-9-16)12-18-23(2,21)22/h6-9,13,15,18H,3-5,10-12H2,1-2H3,(H,19,20)/t13-,15-/m0/s1. The maximum Gasteiger partial charge on any atom is 0.224 e. The molecule has 2 N–H and O–H groups in total. The van der Waals surface area contributed by atoms with E-state index >= 15 is 0 Å². The Balaban J connectivity index is 1.81. The van der Waals surface area contributed by atoms with Crippen LogP contribution >= 0.6 is 0 Å². The van der Waals surface area contributed by atoms with Crippen LogP contribution in [-0.2, 0) is 21.4 Å². The van der Waals surface area contributed by atoms with Gasteiger partial charge in [-0.2, -0.15) is 0 Å². The average Bonchev–Trinajstić information content (AvgIpc) is 2.45. The minimum Gasteiger partial charge on any atom is -0.326 e. The van der Waals surface area contributed by atoms with Gasteiger partial charge in [0.2, 0.25) is 15.9 Å². The predicted octanol–water partition coefficient (Wildman–Crippen LogP) is 2.89. The van der Waals surface area contributed by atoms with Crippen molar-refractivity contribution in [3.05, 3.63) is 29.8 Å². The van der Waals surface area contributed by atoms with E-state index < -0.39 is 10.0 Å². The molecule has 2 atom stereocenters. The first-order valence-electron chi connectivity index (χ1n) is 8.15. The van der Waals surface area contributed by atoms with E-state index in [1.807, 2.05) is 12.1 Å². The maximum absolute atomic E-state index is 12.1. The summed E-state index contributed by atoms with van der Waals surface area (Å²) in [4.78, 5) is 12.1. The highest BCUT2D eigenvalue weighted by Crippen LogP contribution is 2.30. The molecule has 1 aromatic rings. The Morgan fingerprint density at radius 3 is 2.52 bits per heavy atom. The Labute approximate surface area is 138 Å². The van der Waals surface area contributed by atoms with Crippen molar-refractivity contribution in [1.29, 1.82) is 0 Å². The van der Waals surface area contributed by atoms with Crippen molar-refractivity contribution < 1.29 is 13.2 Å². The van der Waals surface area contributed by atoms with Gasteiger partial charge in [-0.05, 0) is 42.4 Å². The summed E-state index contributed by atoms with van der Waals surface area (Å²) in [6, 6.07) is 7.24. The number of carbonyl (C=O) groups excluding carboxylic acids is 1. The van der Waals surface area contributed by atoms with Crippen LogP contribution in [0.3, 0.4) is 0 Å². The lowest BCUT2D eigenvalue weighted by Crippen LogP contribution is -2.21. The van der Waals surface area contributed by atoms with Crippen LogP contribution in [0.4, 0.5) is 5.69 Å². The number of hydrogen-bond donors (Lipinski definition) is 2. The van der Waals surface area contributed by atoms with Crippen molar-refractivity contribution in [1.82, 2.24) is 4.72 Å². The summed E-state index contributed by atoms with van der Waals surface area (Å²) >= 11 is 0. The van der Waals surface area contributed by atoms with Crippen LogP contribution in [-0.4, -0.2) is 20.6 Å². The van der Waals surface area contributed by atoms with Crippen LogP contribution in [0, 0.1) is 11.8 Å². The van der Waals surface area contributed by atoms with E-state index in [0.717, 1.165) is 36.3 Å². The van der Waals surface area contributed by atoms with Crippen molar-refractivity contribution >= 4 is 21.6 Å². The van der Waals surface area contributed by atoms with E-state index in [2.05, 4.69) is 17.0 Å². The Bertz CT molecular complexity index is 626. The zero-order valence-corrected chi connectivity index (χ0v) is 14.7. The molecule has 0 saturated heterocycles. The molecular weight excluding hydrogens is 312 g/mol. The smallest absolute Gasteiger partial charge is 0.224 e. The number of rotatable bonds is 6. The molecule has 2 rings (SSSR count). The zero-order chi connectivity index (χ0) is 16.9. The molecule has 0 bridgehead atoms. The first kappa shape index (κ1) is 17.9. The van der Waals surface area contributed by atoms with Crippen LogP contribution < -0.4 is 10.0 Å². The Morgan fingerprint density at radius 1 is 1.22 bits per heavy atom. The molecule has 0 unspecified atom stereocenters. The third-order valence-corrected chi connectivity index (χ3v) is 4.96. The fourth-order valence-corrected chi connectivity index (χ4v) is 3.57. The third-order valence-electron chi connectivity index (χ3n) is 4.30. The van der Waals surface area contributed by atoms with E-state index in [1.165, 1.54) is 12.8 Å². The van der Waals surface area contributed by atoms with Crippen molar-refractivity contribution in [2.75, 3.05) is 11.6 Å². The first-order valence-corrected chi connectivity index (χ1v) is 10.0. The second-order valence-electron chi connectivity index (χ2n) is 6.68. The van der Waals surface area contributed by atoms with Crippen LogP contribution in [0.5, 0.6) is 0 Å². The van der Waals surface area contributed by atoms with Gasteiger partial charge < -0.3 is 5.32 Å². The number of nitrogens with one attached hydrogen (secondary N) is 2. The molecule has 6 heteroatoms. The van der Waals surface area contributed by atoms with Crippen molar-refractivity contribution in [3.8, 4) is 0 Å². The number of anilines is 1. The molecule has 1 aliphatic rings. The normalized spacial score (nSPS) is 21.8. The quantitative estimate of drug-likeness (QED) is 0.837. The lowest BCUT2D eigenvalue weighted by molar-refractivity contribution is -0.117. The number of hydrogen-bond acceptors (Lipinski definition) is 3. The second-order valence-corrected chi connectivity index (χ2v) is 8.51. The molecule has 0 heterocycles. The minimum atomic E-state index is -3.19. The number of carbonyl (C=O) groups is 1. The van der Waals surface area contributed by atoms with Gasteiger partial charge in [-0.25, -0.2) is 13.1 Å². The summed E-state index contributed by atoms with van der Waals surface area (Å²) in [6.07, 6.45) is 6.51. The monoisotopic (exact) mass is 338 g/mol. The highest BCUT2D eigenvalue weighted by atomic mass is 32.2. The van der Waals surface area contributed by atoms with E-state index in [9.17, 15) is 13.2 Å². The van der Waals surface area contributed by atoms with Gasteiger partial charge in [-0.1, -0.05) is 31.9 Å². The fourth-order valence-electron chi connectivity index (χ4n) is 3.14. The molecule has 0 aliphatic heterocycles. The van der Waals surface area contributed by atoms with Gasteiger partial charge >= 0.3 is 0 Å². The van der Waals surface area contributed by atoms with E-state index in [4.69, 9.17) is 0 Å². The zero-order valence-electron chi connectivity index (χ0n) is 13.8. The number of amides is 1. The molecule has 0 radical (unpaired) electrons. The summed E-state index contributed by atoms with van der Waals surface area (Å²) in [5.41, 5.74) is 1.61. The fraction of sp³-hybridized carbons (Fsp3) is 0.588. The highest BCUT2D eigenvalue weighted by Gasteiger charge is 2.21. The molecule has 1 aliphatic carbocycles. The summed E-state index contributed by atoms with van der Waals surface area (Å²) in [7, 11) is -3.19. The Hall–Kier alpha value is -1.40. The molecule has 5 nitrogen and oxygen atoms in total. The first-order chi connectivity index (χ1) is 10.8. The van der Waals surface area contributed by atoms with Gasteiger partial charge in [0.25, 0.3) is 0 Å². The van der Waals surface area contributed by atoms with Crippen molar-refractivity contribution in [3.63, 3.8) is 0 Å². The number of sulfonamides is 1. The highest BCUT2D eigenvalue weighted by molar-refractivity contribution is 7.88. The van der Waals surface area contributed by atoms with Gasteiger partial charge in [-0.15, -0.1) is 0 Å². The molecule has 1 fully saturated rings. The Morgan fingerprint density at radius 2 is 1.91 bits per heavy atom. The third kappa shape index (κ3) is 6.71. The molecule has 23 heavy (non-hydrogen) atoms. The Kier molecular flexibility index (Phi) is 6.18. The molecule has 0 aromatic heterocycles. The van der Waals surface area contributed by atoms with Crippen LogP contribution in [0.2, 0.25) is 0 Å². The van der Waals surface area contributed by atoms with Gasteiger partial charge in [0, 0.05) is 18.7 Å². The predicted molar refractivity (Wildman–Crippen MR) is 92.5 cm³/mol. The van der Waals surface area contributed by atoms with E-state index in [0.29, 0.717) is 12.3 Å². The summed E-state index contributed by atoms with van der Waals surface area (Å²) in [5, 5.41) is 2.93.